The lowest BCUT2D eigenvalue weighted by Gasteiger charge is -2.37. The Morgan fingerprint density at radius 3 is 2.60 bits per heavy atom. The average molecular weight is 314 g/mol. The Morgan fingerprint density at radius 1 is 1.40 bits per heavy atom. The largest absolute Gasteiger partial charge is 0.244 e. The molecule has 0 radical (unpaired) electrons. The summed E-state index contributed by atoms with van der Waals surface area (Å²) in [5.41, 5.74) is -0.952. The first kappa shape index (κ1) is 15.2. The van der Waals surface area contributed by atoms with Gasteiger partial charge in [-0.25, -0.2) is 13.4 Å². The van der Waals surface area contributed by atoms with Crippen molar-refractivity contribution in [1.29, 1.82) is 5.26 Å². The predicted molar refractivity (Wildman–Crippen MR) is 75.6 cm³/mol. The summed E-state index contributed by atoms with van der Waals surface area (Å²) in [5, 5.41) is 9.60. The van der Waals surface area contributed by atoms with Gasteiger partial charge in [-0.05, 0) is 25.0 Å². The fourth-order valence-electron chi connectivity index (χ4n) is 2.57. The van der Waals surface area contributed by atoms with E-state index < -0.39 is 15.6 Å². The van der Waals surface area contributed by atoms with Crippen molar-refractivity contribution >= 4 is 21.6 Å². The number of hydrogen-bond acceptors (Lipinski definition) is 4. The molecule has 2 rings (SSSR count). The molecule has 0 aliphatic heterocycles. The maximum Gasteiger partial charge on any atom is 0.244 e. The third kappa shape index (κ3) is 2.66. The highest BCUT2D eigenvalue weighted by Gasteiger charge is 2.42. The highest BCUT2D eigenvalue weighted by Crippen LogP contribution is 2.35. The van der Waals surface area contributed by atoms with Crippen LogP contribution in [0.5, 0.6) is 0 Å². The molecule has 1 aromatic heterocycles. The minimum Gasteiger partial charge on any atom is -0.244 e. The molecule has 0 amide bonds. The number of nitriles is 1. The first-order chi connectivity index (χ1) is 9.42. The lowest BCUT2D eigenvalue weighted by Crippen LogP contribution is -2.49. The standard InChI is InChI=1S/C13H16ClN3O2S/c1-17(13(10-15)6-3-2-4-7-13)20(18,19)11-5-8-16-12(14)9-11/h5,8-9H,2-4,6-7H2,1H3. The second-order valence-electron chi connectivity index (χ2n) is 4.99. The Labute approximate surface area is 124 Å². The highest BCUT2D eigenvalue weighted by atomic mass is 35.5. The number of aromatic nitrogens is 1. The van der Waals surface area contributed by atoms with Crippen molar-refractivity contribution in [1.82, 2.24) is 9.29 Å². The number of sulfonamides is 1. The number of pyridine rings is 1. The lowest BCUT2D eigenvalue weighted by molar-refractivity contribution is 0.212. The fourth-order valence-corrected chi connectivity index (χ4v) is 4.30. The molecular formula is C13H16ClN3O2S. The van der Waals surface area contributed by atoms with Crippen molar-refractivity contribution in [2.45, 2.75) is 42.5 Å². The summed E-state index contributed by atoms with van der Waals surface area (Å²) in [6, 6.07) is 4.91. The van der Waals surface area contributed by atoms with Crippen LogP contribution in [0.2, 0.25) is 5.15 Å². The first-order valence-corrected chi connectivity index (χ1v) is 8.26. The second kappa shape index (κ2) is 5.68. The maximum absolute atomic E-state index is 12.6. The van der Waals surface area contributed by atoms with Crippen molar-refractivity contribution in [3.63, 3.8) is 0 Å². The van der Waals surface area contributed by atoms with Gasteiger partial charge in [0.05, 0.1) is 11.0 Å². The predicted octanol–water partition coefficient (Wildman–Crippen LogP) is 2.58. The molecule has 1 aliphatic carbocycles. The van der Waals surface area contributed by atoms with E-state index >= 15 is 0 Å². The van der Waals surface area contributed by atoms with Crippen LogP contribution in [0.4, 0.5) is 0 Å². The molecule has 1 aromatic rings. The average Bonchev–Trinajstić information content (AvgIpc) is 2.47. The zero-order valence-electron chi connectivity index (χ0n) is 11.2. The molecule has 0 spiro atoms. The maximum atomic E-state index is 12.6. The van der Waals surface area contributed by atoms with Crippen LogP contribution in [0.1, 0.15) is 32.1 Å². The van der Waals surface area contributed by atoms with E-state index in [-0.39, 0.29) is 10.0 Å². The van der Waals surface area contributed by atoms with Crippen molar-refractivity contribution in [2.24, 2.45) is 0 Å². The first-order valence-electron chi connectivity index (χ1n) is 6.44. The van der Waals surface area contributed by atoms with Gasteiger partial charge in [0.25, 0.3) is 0 Å². The van der Waals surface area contributed by atoms with E-state index in [0.29, 0.717) is 12.8 Å². The van der Waals surface area contributed by atoms with Crippen LogP contribution in [0.25, 0.3) is 0 Å². The van der Waals surface area contributed by atoms with Crippen LogP contribution in [0.3, 0.4) is 0 Å². The van der Waals surface area contributed by atoms with Gasteiger partial charge in [0.2, 0.25) is 10.0 Å². The van der Waals surface area contributed by atoms with Crippen molar-refractivity contribution in [3.8, 4) is 6.07 Å². The van der Waals surface area contributed by atoms with Crippen molar-refractivity contribution < 1.29 is 8.42 Å². The van der Waals surface area contributed by atoms with Gasteiger partial charge < -0.3 is 0 Å². The van der Waals surface area contributed by atoms with Gasteiger partial charge in [0, 0.05) is 13.2 Å². The van der Waals surface area contributed by atoms with Crippen LogP contribution < -0.4 is 0 Å². The molecule has 20 heavy (non-hydrogen) atoms. The van der Waals surface area contributed by atoms with Gasteiger partial charge >= 0.3 is 0 Å². The van der Waals surface area contributed by atoms with Gasteiger partial charge in [-0.3, -0.25) is 0 Å². The molecule has 108 valence electrons. The summed E-state index contributed by atoms with van der Waals surface area (Å²) in [6.45, 7) is 0. The molecule has 7 heteroatoms. The zero-order valence-corrected chi connectivity index (χ0v) is 12.8. The van der Waals surface area contributed by atoms with E-state index in [1.807, 2.05) is 0 Å². The fraction of sp³-hybridized carbons (Fsp3) is 0.538. The molecule has 1 saturated carbocycles. The topological polar surface area (TPSA) is 74.1 Å². The Morgan fingerprint density at radius 2 is 2.05 bits per heavy atom. The van der Waals surface area contributed by atoms with Crippen LogP contribution in [0, 0.1) is 11.3 Å². The molecule has 0 N–H and O–H groups in total. The SMILES string of the molecule is CN(C1(C#N)CCCCC1)S(=O)(=O)c1ccnc(Cl)c1. The Balaban J connectivity index is 2.41. The van der Waals surface area contributed by atoms with Gasteiger partial charge in [-0.2, -0.15) is 9.57 Å². The van der Waals surface area contributed by atoms with E-state index in [0.717, 1.165) is 19.3 Å². The lowest BCUT2D eigenvalue weighted by atomic mass is 9.83. The minimum atomic E-state index is -3.75. The highest BCUT2D eigenvalue weighted by molar-refractivity contribution is 7.89. The number of hydrogen-bond donors (Lipinski definition) is 0. The monoisotopic (exact) mass is 313 g/mol. The van der Waals surface area contributed by atoms with Crippen molar-refractivity contribution in [2.75, 3.05) is 7.05 Å². The zero-order chi connectivity index (χ0) is 14.8. The van der Waals surface area contributed by atoms with E-state index in [1.54, 1.807) is 0 Å². The molecule has 0 saturated heterocycles. The van der Waals surface area contributed by atoms with Gasteiger partial charge in [-0.1, -0.05) is 30.9 Å². The molecule has 1 fully saturated rings. The molecule has 5 nitrogen and oxygen atoms in total. The summed E-state index contributed by atoms with van der Waals surface area (Å²) >= 11 is 5.75. The summed E-state index contributed by atoms with van der Waals surface area (Å²) < 4.78 is 26.5. The van der Waals surface area contributed by atoms with Crippen LogP contribution in [0.15, 0.2) is 23.2 Å². The number of halogens is 1. The summed E-state index contributed by atoms with van der Waals surface area (Å²) in [7, 11) is -2.27. The molecule has 0 bridgehead atoms. The third-order valence-corrected chi connectivity index (χ3v) is 5.97. The molecule has 1 aliphatic rings. The van der Waals surface area contributed by atoms with Gasteiger partial charge in [-0.15, -0.1) is 0 Å². The van der Waals surface area contributed by atoms with Crippen molar-refractivity contribution in [3.05, 3.63) is 23.5 Å². The van der Waals surface area contributed by atoms with Crippen LogP contribution >= 0.6 is 11.6 Å². The number of nitrogens with zero attached hydrogens (tertiary/aromatic N) is 3. The van der Waals surface area contributed by atoms with E-state index in [4.69, 9.17) is 11.6 Å². The van der Waals surface area contributed by atoms with E-state index in [2.05, 4.69) is 11.1 Å². The quantitative estimate of drug-likeness (QED) is 0.804. The Hall–Kier alpha value is -1.16. The molecule has 0 atom stereocenters. The van der Waals surface area contributed by atoms with E-state index in [1.165, 1.54) is 29.7 Å². The molecule has 0 aromatic carbocycles. The van der Waals surface area contributed by atoms with Gasteiger partial charge in [0.15, 0.2) is 0 Å². The molecular weight excluding hydrogens is 298 g/mol. The van der Waals surface area contributed by atoms with Crippen LogP contribution in [-0.2, 0) is 10.0 Å². The Kier molecular flexibility index (Phi) is 4.33. The molecule has 0 unspecified atom stereocenters. The Bertz CT molecular complexity index is 633. The summed E-state index contributed by atoms with van der Waals surface area (Å²) in [6.07, 6.45) is 5.26. The number of rotatable bonds is 3. The molecule has 1 heterocycles. The second-order valence-corrected chi connectivity index (χ2v) is 7.35. The minimum absolute atomic E-state index is 0.0696. The normalized spacial score (nSPS) is 18.7. The van der Waals surface area contributed by atoms with Gasteiger partial charge in [0.1, 0.15) is 10.7 Å². The smallest absolute Gasteiger partial charge is 0.244 e. The van der Waals surface area contributed by atoms with Crippen LogP contribution in [-0.4, -0.2) is 30.3 Å². The van der Waals surface area contributed by atoms with E-state index in [9.17, 15) is 13.7 Å². The summed E-state index contributed by atoms with van der Waals surface area (Å²) in [5.74, 6) is 0. The summed E-state index contributed by atoms with van der Waals surface area (Å²) in [4.78, 5) is 3.85. The third-order valence-electron chi connectivity index (χ3n) is 3.85.